The highest BCUT2D eigenvalue weighted by atomic mass is 32.1. The Morgan fingerprint density at radius 3 is 2.68 bits per heavy atom. The number of nitrogens with zero attached hydrogens (tertiary/aromatic N) is 2. The number of likely N-dealkylation sites (N-methyl/N-ethyl adjacent to an activating group) is 1. The van der Waals surface area contributed by atoms with Crippen molar-refractivity contribution < 1.29 is 9.53 Å². The van der Waals surface area contributed by atoms with Crippen LogP contribution in [0.3, 0.4) is 0 Å². The number of hydrogen-bond donors (Lipinski definition) is 0. The van der Waals surface area contributed by atoms with Gasteiger partial charge in [-0.2, -0.15) is 0 Å². The molecule has 0 radical (unpaired) electrons. The zero-order valence-corrected chi connectivity index (χ0v) is 13.8. The lowest BCUT2D eigenvalue weighted by atomic mass is 10.0. The highest BCUT2D eigenvalue weighted by Crippen LogP contribution is 2.31. The molecule has 0 saturated carbocycles. The molecule has 1 aromatic heterocycles. The van der Waals surface area contributed by atoms with Crippen LogP contribution in [-0.4, -0.2) is 25.0 Å². The molecule has 1 aliphatic carbocycles. The van der Waals surface area contributed by atoms with E-state index in [4.69, 9.17) is 4.74 Å². The van der Waals surface area contributed by atoms with Gasteiger partial charge in [0.05, 0.1) is 19.2 Å². The molecule has 0 aliphatic heterocycles. The van der Waals surface area contributed by atoms with E-state index in [1.807, 2.05) is 31.3 Å². The number of amides is 1. The van der Waals surface area contributed by atoms with Crippen molar-refractivity contribution in [1.82, 2.24) is 4.98 Å². The number of rotatable bonds is 4. The number of aromatic nitrogens is 1. The third-order valence-electron chi connectivity index (χ3n) is 4.01. The number of carbonyl (C=O) groups is 1. The first-order chi connectivity index (χ1) is 10.7. The maximum absolute atomic E-state index is 12.4. The lowest BCUT2D eigenvalue weighted by molar-refractivity contribution is -0.117. The van der Waals surface area contributed by atoms with Crippen LogP contribution in [0.5, 0.6) is 5.75 Å². The Morgan fingerprint density at radius 2 is 2.00 bits per heavy atom. The summed E-state index contributed by atoms with van der Waals surface area (Å²) in [5, 5.41) is 0.824. The van der Waals surface area contributed by atoms with Crippen LogP contribution in [0.25, 0.3) is 0 Å². The van der Waals surface area contributed by atoms with E-state index in [1.165, 1.54) is 23.4 Å². The molecule has 0 fully saturated rings. The predicted octanol–water partition coefficient (Wildman–Crippen LogP) is 3.24. The summed E-state index contributed by atoms with van der Waals surface area (Å²) in [5.74, 6) is 0.869. The molecule has 22 heavy (non-hydrogen) atoms. The number of ether oxygens (including phenoxy) is 1. The molecule has 5 heteroatoms. The summed E-state index contributed by atoms with van der Waals surface area (Å²) in [4.78, 5) is 20.1. The van der Waals surface area contributed by atoms with Crippen molar-refractivity contribution in [3.8, 4) is 5.75 Å². The van der Waals surface area contributed by atoms with E-state index >= 15 is 0 Å². The molecule has 0 spiro atoms. The summed E-state index contributed by atoms with van der Waals surface area (Å²) in [6.45, 7) is 0. The van der Waals surface area contributed by atoms with Crippen molar-refractivity contribution in [2.75, 3.05) is 19.1 Å². The van der Waals surface area contributed by atoms with Crippen LogP contribution in [0.1, 0.15) is 29.0 Å². The second-order valence-electron chi connectivity index (χ2n) is 5.55. The summed E-state index contributed by atoms with van der Waals surface area (Å²) in [6, 6.07) is 7.62. The topological polar surface area (TPSA) is 42.4 Å². The van der Waals surface area contributed by atoms with Crippen molar-refractivity contribution in [2.24, 2.45) is 0 Å². The highest BCUT2D eigenvalue weighted by Gasteiger charge is 2.20. The Kier molecular flexibility index (Phi) is 4.43. The standard InChI is InChI=1S/C17H20N2O2S/c1-19(17-18-14-5-3-4-6-15(14)22-17)16(20)11-12-7-9-13(21-2)10-8-12/h7-10H,3-6,11H2,1-2H3. The van der Waals surface area contributed by atoms with Crippen molar-refractivity contribution in [2.45, 2.75) is 32.1 Å². The fourth-order valence-electron chi connectivity index (χ4n) is 2.63. The van der Waals surface area contributed by atoms with E-state index in [0.717, 1.165) is 29.3 Å². The van der Waals surface area contributed by atoms with Crippen LogP contribution >= 0.6 is 11.3 Å². The lowest BCUT2D eigenvalue weighted by Crippen LogP contribution is -2.27. The smallest absolute Gasteiger partial charge is 0.232 e. The molecule has 0 N–H and O–H groups in total. The SMILES string of the molecule is COc1ccc(CC(=O)N(C)c2nc3c(s2)CCCC3)cc1. The first-order valence-corrected chi connectivity index (χ1v) is 8.37. The van der Waals surface area contributed by atoms with Gasteiger partial charge in [0.15, 0.2) is 5.13 Å². The Hall–Kier alpha value is -1.88. The predicted molar refractivity (Wildman–Crippen MR) is 88.9 cm³/mol. The number of carbonyl (C=O) groups excluding carboxylic acids is 1. The summed E-state index contributed by atoms with van der Waals surface area (Å²) in [7, 11) is 3.45. The molecular formula is C17H20N2O2S. The molecule has 2 aromatic rings. The number of fused-ring (bicyclic) bond motifs is 1. The third kappa shape index (κ3) is 3.14. The molecule has 1 amide bonds. The normalized spacial score (nSPS) is 13.5. The monoisotopic (exact) mass is 316 g/mol. The number of benzene rings is 1. The second-order valence-corrected chi connectivity index (χ2v) is 6.61. The molecule has 1 heterocycles. The molecule has 1 aromatic carbocycles. The third-order valence-corrected chi connectivity index (χ3v) is 5.24. The zero-order valence-electron chi connectivity index (χ0n) is 13.0. The first kappa shape index (κ1) is 15.0. The number of aryl methyl sites for hydroxylation is 2. The minimum absolute atomic E-state index is 0.0660. The van der Waals surface area contributed by atoms with Gasteiger partial charge in [-0.25, -0.2) is 4.98 Å². The largest absolute Gasteiger partial charge is 0.497 e. The zero-order chi connectivity index (χ0) is 15.5. The Bertz CT molecular complexity index is 640. The number of hydrogen-bond acceptors (Lipinski definition) is 4. The maximum atomic E-state index is 12.4. The fraction of sp³-hybridized carbons (Fsp3) is 0.412. The Labute approximate surface area is 134 Å². The number of methoxy groups -OCH3 is 1. The summed E-state index contributed by atoms with van der Waals surface area (Å²) in [6.07, 6.45) is 4.97. The molecule has 0 saturated heterocycles. The fourth-order valence-corrected chi connectivity index (χ4v) is 3.75. The van der Waals surface area contributed by atoms with E-state index in [1.54, 1.807) is 23.3 Å². The number of anilines is 1. The van der Waals surface area contributed by atoms with Crippen molar-refractivity contribution in [1.29, 1.82) is 0 Å². The van der Waals surface area contributed by atoms with E-state index in [2.05, 4.69) is 4.98 Å². The van der Waals surface area contributed by atoms with Crippen molar-refractivity contribution in [3.63, 3.8) is 0 Å². The highest BCUT2D eigenvalue weighted by molar-refractivity contribution is 7.15. The molecule has 1 aliphatic rings. The van der Waals surface area contributed by atoms with Crippen LogP contribution in [0.15, 0.2) is 24.3 Å². The second kappa shape index (κ2) is 6.48. The average molecular weight is 316 g/mol. The Morgan fingerprint density at radius 1 is 1.27 bits per heavy atom. The van der Waals surface area contributed by atoms with E-state index in [-0.39, 0.29) is 5.91 Å². The summed E-state index contributed by atoms with van der Waals surface area (Å²) < 4.78 is 5.13. The van der Waals surface area contributed by atoms with Gasteiger partial charge in [-0.05, 0) is 43.4 Å². The van der Waals surface area contributed by atoms with Crippen LogP contribution in [0.2, 0.25) is 0 Å². The van der Waals surface area contributed by atoms with Gasteiger partial charge >= 0.3 is 0 Å². The van der Waals surface area contributed by atoms with Gasteiger partial charge in [-0.3, -0.25) is 9.69 Å². The molecule has 3 rings (SSSR count). The molecule has 0 atom stereocenters. The summed E-state index contributed by atoms with van der Waals surface area (Å²) in [5.41, 5.74) is 2.18. The molecule has 4 nitrogen and oxygen atoms in total. The van der Waals surface area contributed by atoms with E-state index < -0.39 is 0 Å². The van der Waals surface area contributed by atoms with Gasteiger partial charge in [0.1, 0.15) is 5.75 Å². The molecular weight excluding hydrogens is 296 g/mol. The van der Waals surface area contributed by atoms with Crippen LogP contribution < -0.4 is 9.64 Å². The quantitative estimate of drug-likeness (QED) is 0.869. The van der Waals surface area contributed by atoms with Gasteiger partial charge in [0.2, 0.25) is 5.91 Å². The van der Waals surface area contributed by atoms with Gasteiger partial charge < -0.3 is 4.74 Å². The maximum Gasteiger partial charge on any atom is 0.232 e. The minimum Gasteiger partial charge on any atom is -0.497 e. The van der Waals surface area contributed by atoms with Gasteiger partial charge in [-0.15, -0.1) is 11.3 Å². The number of thiazole rings is 1. The van der Waals surface area contributed by atoms with E-state index in [9.17, 15) is 4.79 Å². The Balaban J connectivity index is 1.69. The minimum atomic E-state index is 0.0660. The van der Waals surface area contributed by atoms with Crippen LogP contribution in [-0.2, 0) is 24.1 Å². The first-order valence-electron chi connectivity index (χ1n) is 7.55. The van der Waals surface area contributed by atoms with Crippen molar-refractivity contribution >= 4 is 22.4 Å². The van der Waals surface area contributed by atoms with E-state index in [0.29, 0.717) is 6.42 Å². The molecule has 0 bridgehead atoms. The van der Waals surface area contributed by atoms with Gasteiger partial charge in [-0.1, -0.05) is 12.1 Å². The van der Waals surface area contributed by atoms with Crippen LogP contribution in [0.4, 0.5) is 5.13 Å². The summed E-state index contributed by atoms with van der Waals surface area (Å²) >= 11 is 1.66. The molecule has 0 unspecified atom stereocenters. The lowest BCUT2D eigenvalue weighted by Gasteiger charge is -2.13. The molecule has 116 valence electrons. The van der Waals surface area contributed by atoms with Gasteiger partial charge in [0.25, 0.3) is 0 Å². The van der Waals surface area contributed by atoms with Crippen molar-refractivity contribution in [3.05, 3.63) is 40.4 Å². The van der Waals surface area contributed by atoms with Gasteiger partial charge in [0, 0.05) is 11.9 Å². The van der Waals surface area contributed by atoms with Crippen LogP contribution in [0, 0.1) is 0 Å². The average Bonchev–Trinajstić information content (AvgIpc) is 2.98.